The summed E-state index contributed by atoms with van der Waals surface area (Å²) in [5, 5.41) is 0. The third kappa shape index (κ3) is 3.42. The highest BCUT2D eigenvalue weighted by molar-refractivity contribution is 5.98. The second-order valence-electron chi connectivity index (χ2n) is 4.29. The molecule has 0 spiro atoms. The Bertz CT molecular complexity index is 694. The molecule has 0 fully saturated rings. The second-order valence-corrected chi connectivity index (χ2v) is 4.29. The Balaban J connectivity index is 2.10. The van der Waals surface area contributed by atoms with Gasteiger partial charge in [-0.15, -0.1) is 0 Å². The topological polar surface area (TPSA) is 83.5 Å². The van der Waals surface area contributed by atoms with Gasteiger partial charge in [-0.3, -0.25) is 4.79 Å². The summed E-state index contributed by atoms with van der Waals surface area (Å²) in [5.41, 5.74) is 6.14. The molecule has 1 aromatic heterocycles. The molecule has 6 nitrogen and oxygen atoms in total. The molecule has 110 valence electrons. The molecule has 0 bridgehead atoms. The highest BCUT2D eigenvalue weighted by atomic mass is 16.5. The lowest BCUT2D eigenvalue weighted by Gasteiger charge is -2.12. The van der Waals surface area contributed by atoms with E-state index in [9.17, 15) is 9.59 Å². The van der Waals surface area contributed by atoms with Gasteiger partial charge in [0.05, 0.1) is 13.7 Å². The minimum atomic E-state index is -0.556. The molecule has 0 saturated heterocycles. The molecule has 0 radical (unpaired) electrons. The van der Waals surface area contributed by atoms with Crippen molar-refractivity contribution < 1.29 is 14.3 Å². The van der Waals surface area contributed by atoms with Crippen molar-refractivity contribution in [3.63, 3.8) is 0 Å². The van der Waals surface area contributed by atoms with E-state index in [0.717, 1.165) is 0 Å². The van der Waals surface area contributed by atoms with Crippen LogP contribution in [-0.4, -0.2) is 24.3 Å². The molecule has 0 aliphatic carbocycles. The van der Waals surface area contributed by atoms with Crippen LogP contribution in [-0.2, 0) is 11.3 Å². The van der Waals surface area contributed by atoms with Gasteiger partial charge in [-0.05, 0) is 18.2 Å². The fourth-order valence-electron chi connectivity index (χ4n) is 1.89. The molecule has 0 unspecified atom stereocenters. The van der Waals surface area contributed by atoms with E-state index in [0.29, 0.717) is 12.3 Å². The third-order valence-electron chi connectivity index (χ3n) is 2.94. The van der Waals surface area contributed by atoms with Crippen molar-refractivity contribution in [2.75, 3.05) is 19.5 Å². The van der Waals surface area contributed by atoms with Crippen LogP contribution in [0.2, 0.25) is 0 Å². The van der Waals surface area contributed by atoms with Crippen molar-refractivity contribution in [2.24, 2.45) is 0 Å². The summed E-state index contributed by atoms with van der Waals surface area (Å²) in [6, 6.07) is 9.83. The minimum Gasteiger partial charge on any atom is -0.491 e. The van der Waals surface area contributed by atoms with Crippen molar-refractivity contribution >= 4 is 11.7 Å². The average molecular weight is 288 g/mol. The van der Waals surface area contributed by atoms with Gasteiger partial charge < -0.3 is 19.8 Å². The summed E-state index contributed by atoms with van der Waals surface area (Å²) < 4.78 is 11.8. The smallest absolute Gasteiger partial charge is 0.343 e. The normalized spacial score (nSPS) is 10.1. The van der Waals surface area contributed by atoms with Crippen LogP contribution in [0.1, 0.15) is 10.4 Å². The molecular weight excluding hydrogens is 272 g/mol. The molecular formula is C15H16N2O4. The highest BCUT2D eigenvalue weighted by Crippen LogP contribution is 2.25. The molecule has 0 amide bonds. The number of nitrogens with two attached hydrogens (primary N) is 1. The number of hydrogen-bond donors (Lipinski definition) is 1. The zero-order valence-electron chi connectivity index (χ0n) is 11.6. The second kappa shape index (κ2) is 6.60. The van der Waals surface area contributed by atoms with Gasteiger partial charge in [0.25, 0.3) is 5.56 Å². The van der Waals surface area contributed by atoms with Crippen LogP contribution in [0, 0.1) is 0 Å². The molecule has 6 heteroatoms. The van der Waals surface area contributed by atoms with Crippen LogP contribution in [0.4, 0.5) is 5.69 Å². The number of rotatable bonds is 5. The summed E-state index contributed by atoms with van der Waals surface area (Å²) in [6.45, 7) is 0.604. The zero-order chi connectivity index (χ0) is 15.2. The Hall–Kier alpha value is -2.76. The largest absolute Gasteiger partial charge is 0.491 e. The predicted molar refractivity (Wildman–Crippen MR) is 78.4 cm³/mol. The van der Waals surface area contributed by atoms with Crippen molar-refractivity contribution in [3.8, 4) is 5.75 Å². The van der Waals surface area contributed by atoms with Crippen LogP contribution in [0.3, 0.4) is 0 Å². The molecule has 0 aliphatic heterocycles. The van der Waals surface area contributed by atoms with Crippen LogP contribution >= 0.6 is 0 Å². The Morgan fingerprint density at radius 2 is 2.05 bits per heavy atom. The number of carbonyl (C=O) groups is 1. The molecule has 2 aromatic rings. The molecule has 1 aromatic carbocycles. The number of pyridine rings is 1. The summed E-state index contributed by atoms with van der Waals surface area (Å²) >= 11 is 0. The monoisotopic (exact) mass is 288 g/mol. The Morgan fingerprint density at radius 1 is 1.24 bits per heavy atom. The molecule has 0 atom stereocenters. The van der Waals surface area contributed by atoms with Crippen molar-refractivity contribution in [1.29, 1.82) is 0 Å². The lowest BCUT2D eigenvalue weighted by molar-refractivity contribution is 0.0597. The lowest BCUT2D eigenvalue weighted by Crippen LogP contribution is -2.21. The van der Waals surface area contributed by atoms with Crippen LogP contribution < -0.4 is 16.0 Å². The van der Waals surface area contributed by atoms with E-state index in [1.165, 1.54) is 17.7 Å². The number of nitrogens with zero attached hydrogens (tertiary/aromatic N) is 1. The van der Waals surface area contributed by atoms with E-state index >= 15 is 0 Å². The third-order valence-corrected chi connectivity index (χ3v) is 2.94. The van der Waals surface area contributed by atoms with Gasteiger partial charge >= 0.3 is 5.97 Å². The zero-order valence-corrected chi connectivity index (χ0v) is 11.6. The van der Waals surface area contributed by atoms with E-state index in [2.05, 4.69) is 4.74 Å². The van der Waals surface area contributed by atoms with E-state index in [1.54, 1.807) is 36.5 Å². The van der Waals surface area contributed by atoms with Gasteiger partial charge in [-0.2, -0.15) is 0 Å². The standard InChI is InChI=1S/C15H16N2O4/c1-20-15(19)14-11(16)5-4-6-12(14)21-10-9-17-8-3-2-7-13(17)18/h2-8H,9-10,16H2,1H3. The molecule has 1 heterocycles. The van der Waals surface area contributed by atoms with Crippen LogP contribution in [0.15, 0.2) is 47.4 Å². The first kappa shape index (κ1) is 14.6. The number of aromatic nitrogens is 1. The van der Waals surface area contributed by atoms with E-state index in [1.807, 2.05) is 0 Å². The van der Waals surface area contributed by atoms with Crippen LogP contribution in [0.25, 0.3) is 0 Å². The van der Waals surface area contributed by atoms with Gasteiger partial charge in [0, 0.05) is 18.0 Å². The SMILES string of the molecule is COC(=O)c1c(N)cccc1OCCn1ccccc1=O. The fraction of sp³-hybridized carbons (Fsp3) is 0.200. The number of esters is 1. The summed E-state index contributed by atoms with van der Waals surface area (Å²) in [5.74, 6) is -0.217. The predicted octanol–water partition coefficient (Wildman–Crippen LogP) is 1.30. The maximum absolute atomic E-state index is 11.7. The number of nitrogen functional groups attached to an aromatic ring is 1. The first-order valence-corrected chi connectivity index (χ1v) is 6.38. The van der Waals surface area contributed by atoms with Crippen molar-refractivity contribution in [2.45, 2.75) is 6.54 Å². The average Bonchev–Trinajstić information content (AvgIpc) is 2.48. The van der Waals surface area contributed by atoms with E-state index in [4.69, 9.17) is 10.5 Å². The number of methoxy groups -OCH3 is 1. The van der Waals surface area contributed by atoms with Gasteiger partial charge in [-0.25, -0.2) is 4.79 Å². The number of benzene rings is 1. The summed E-state index contributed by atoms with van der Waals surface area (Å²) in [7, 11) is 1.28. The molecule has 2 N–H and O–H groups in total. The van der Waals surface area contributed by atoms with Gasteiger partial charge in [-0.1, -0.05) is 12.1 Å². The minimum absolute atomic E-state index is 0.109. The highest BCUT2D eigenvalue weighted by Gasteiger charge is 2.16. The lowest BCUT2D eigenvalue weighted by atomic mass is 10.1. The maximum atomic E-state index is 11.7. The van der Waals surface area contributed by atoms with Gasteiger partial charge in [0.1, 0.15) is 17.9 Å². The summed E-state index contributed by atoms with van der Waals surface area (Å²) in [6.07, 6.45) is 1.67. The Labute approximate surface area is 121 Å². The molecule has 21 heavy (non-hydrogen) atoms. The first-order valence-electron chi connectivity index (χ1n) is 6.38. The van der Waals surface area contributed by atoms with Crippen molar-refractivity contribution in [1.82, 2.24) is 4.57 Å². The molecule has 0 saturated carbocycles. The number of carbonyl (C=O) groups excluding carboxylic acids is 1. The number of ether oxygens (including phenoxy) is 2. The number of hydrogen-bond acceptors (Lipinski definition) is 5. The summed E-state index contributed by atoms with van der Waals surface area (Å²) in [4.78, 5) is 23.3. The molecule has 2 rings (SSSR count). The van der Waals surface area contributed by atoms with E-state index in [-0.39, 0.29) is 23.4 Å². The number of anilines is 1. The fourth-order valence-corrected chi connectivity index (χ4v) is 1.89. The van der Waals surface area contributed by atoms with Gasteiger partial charge in [0.15, 0.2) is 0 Å². The van der Waals surface area contributed by atoms with Crippen LogP contribution in [0.5, 0.6) is 5.75 Å². The Morgan fingerprint density at radius 3 is 2.76 bits per heavy atom. The quantitative estimate of drug-likeness (QED) is 0.662. The molecule has 0 aliphatic rings. The Kier molecular flexibility index (Phi) is 4.61. The maximum Gasteiger partial charge on any atom is 0.343 e. The van der Waals surface area contributed by atoms with Gasteiger partial charge in [0.2, 0.25) is 0 Å². The van der Waals surface area contributed by atoms with Crippen molar-refractivity contribution in [3.05, 3.63) is 58.5 Å². The first-order chi connectivity index (χ1) is 10.1. The van der Waals surface area contributed by atoms with E-state index < -0.39 is 5.97 Å².